The molecule has 0 saturated carbocycles. The van der Waals surface area contributed by atoms with Gasteiger partial charge in [0.25, 0.3) is 0 Å². The molecule has 0 aromatic heterocycles. The summed E-state index contributed by atoms with van der Waals surface area (Å²) in [6.07, 6.45) is -1.77. The minimum atomic E-state index is -4.52. The molecule has 1 aliphatic heterocycles. The molecule has 0 spiro atoms. The number of aryl methyl sites for hydroxylation is 1. The topological polar surface area (TPSA) is 40.6 Å². The van der Waals surface area contributed by atoms with Gasteiger partial charge in [-0.2, -0.15) is 13.2 Å². The van der Waals surface area contributed by atoms with Crippen molar-refractivity contribution in [2.24, 2.45) is 0 Å². The number of carbonyl (C=O) groups excluding carboxylic acids is 2. The lowest BCUT2D eigenvalue weighted by atomic mass is 9.91. The van der Waals surface area contributed by atoms with Crippen LogP contribution in [-0.2, 0) is 15.8 Å². The van der Waals surface area contributed by atoms with E-state index in [0.29, 0.717) is 37.3 Å². The zero-order valence-corrected chi connectivity index (χ0v) is 16.9. The fourth-order valence-corrected chi connectivity index (χ4v) is 3.61. The quantitative estimate of drug-likeness (QED) is 0.697. The molecule has 1 saturated heterocycles. The number of rotatable bonds is 3. The number of benzene rings is 2. The molecule has 2 aromatic carbocycles. The molecule has 0 atom stereocenters. The molecule has 1 heterocycles. The van der Waals surface area contributed by atoms with Gasteiger partial charge in [0.05, 0.1) is 5.56 Å². The van der Waals surface area contributed by atoms with Crippen molar-refractivity contribution >= 4 is 17.9 Å². The minimum Gasteiger partial charge on any atom is -0.339 e. The smallest absolute Gasteiger partial charge is 0.339 e. The van der Waals surface area contributed by atoms with Gasteiger partial charge in [0, 0.05) is 44.7 Å². The highest BCUT2D eigenvalue weighted by Crippen LogP contribution is 2.40. The first-order valence-corrected chi connectivity index (χ1v) is 9.67. The average molecular weight is 416 g/mol. The van der Waals surface area contributed by atoms with Gasteiger partial charge in [0.2, 0.25) is 11.8 Å². The van der Waals surface area contributed by atoms with Gasteiger partial charge >= 0.3 is 6.18 Å². The summed E-state index contributed by atoms with van der Waals surface area (Å²) in [6, 6.07) is 10.9. The predicted octanol–water partition coefficient (Wildman–Crippen LogP) is 4.38. The second kappa shape index (κ2) is 8.73. The number of piperazine rings is 1. The van der Waals surface area contributed by atoms with Gasteiger partial charge in [0.1, 0.15) is 0 Å². The van der Waals surface area contributed by atoms with E-state index in [1.54, 1.807) is 47.1 Å². The van der Waals surface area contributed by atoms with Gasteiger partial charge in [0.15, 0.2) is 0 Å². The second-order valence-corrected chi connectivity index (χ2v) is 7.25. The first-order valence-electron chi connectivity index (χ1n) is 9.67. The Balaban J connectivity index is 1.92. The summed E-state index contributed by atoms with van der Waals surface area (Å²) in [7, 11) is 0. The maximum Gasteiger partial charge on any atom is 0.417 e. The molecule has 158 valence electrons. The van der Waals surface area contributed by atoms with E-state index in [4.69, 9.17) is 0 Å². The van der Waals surface area contributed by atoms with Crippen molar-refractivity contribution in [3.63, 3.8) is 0 Å². The van der Waals surface area contributed by atoms with Crippen LogP contribution in [-0.4, -0.2) is 47.8 Å². The van der Waals surface area contributed by atoms with Crippen LogP contribution in [0, 0.1) is 6.92 Å². The minimum absolute atomic E-state index is 0.0375. The molecule has 0 aliphatic carbocycles. The molecule has 1 fully saturated rings. The Kier molecular flexibility index (Phi) is 6.29. The van der Waals surface area contributed by atoms with Crippen molar-refractivity contribution in [1.82, 2.24) is 9.80 Å². The number of hydrogen-bond acceptors (Lipinski definition) is 2. The molecular weight excluding hydrogens is 393 g/mol. The fourth-order valence-electron chi connectivity index (χ4n) is 3.61. The summed E-state index contributed by atoms with van der Waals surface area (Å²) in [6.45, 7) is 4.94. The standard InChI is InChI=1S/C23H23F3N2O2/c1-16-6-3-4-8-19(16)22-18(7-5-9-20(22)23(24,25)26)10-11-21(30)28-14-12-27(13-15-28)17(2)29/h3-11H,12-15H2,1-2H3/b11-10+. The van der Waals surface area contributed by atoms with Gasteiger partial charge in [-0.05, 0) is 35.8 Å². The Bertz CT molecular complexity index is 975. The average Bonchev–Trinajstić information content (AvgIpc) is 2.71. The highest BCUT2D eigenvalue weighted by atomic mass is 19.4. The first kappa shape index (κ1) is 21.6. The SMILES string of the molecule is CC(=O)N1CCN(C(=O)/C=C/c2cccc(C(F)(F)F)c2-c2ccccc2C)CC1. The van der Waals surface area contributed by atoms with Crippen LogP contribution in [0.15, 0.2) is 48.5 Å². The lowest BCUT2D eigenvalue weighted by Gasteiger charge is -2.33. The van der Waals surface area contributed by atoms with Crippen molar-refractivity contribution in [3.8, 4) is 11.1 Å². The molecule has 30 heavy (non-hydrogen) atoms. The zero-order valence-electron chi connectivity index (χ0n) is 16.9. The fraction of sp³-hybridized carbons (Fsp3) is 0.304. The third-order valence-electron chi connectivity index (χ3n) is 5.26. The van der Waals surface area contributed by atoms with Crippen LogP contribution in [0.25, 0.3) is 17.2 Å². The van der Waals surface area contributed by atoms with Gasteiger partial charge < -0.3 is 9.80 Å². The maximum atomic E-state index is 13.7. The lowest BCUT2D eigenvalue weighted by Crippen LogP contribution is -2.49. The third kappa shape index (κ3) is 4.72. The molecule has 3 rings (SSSR count). The van der Waals surface area contributed by atoms with Crippen molar-refractivity contribution in [2.45, 2.75) is 20.0 Å². The van der Waals surface area contributed by atoms with E-state index in [9.17, 15) is 22.8 Å². The summed E-state index contributed by atoms with van der Waals surface area (Å²) >= 11 is 0. The number of hydrogen-bond donors (Lipinski definition) is 0. The van der Waals surface area contributed by atoms with Crippen molar-refractivity contribution in [1.29, 1.82) is 0 Å². The van der Waals surface area contributed by atoms with Gasteiger partial charge in [-0.25, -0.2) is 0 Å². The number of halogens is 3. The van der Waals surface area contributed by atoms with E-state index in [-0.39, 0.29) is 17.4 Å². The molecule has 7 heteroatoms. The monoisotopic (exact) mass is 416 g/mol. The van der Waals surface area contributed by atoms with E-state index < -0.39 is 11.7 Å². The van der Waals surface area contributed by atoms with Crippen molar-refractivity contribution in [2.75, 3.05) is 26.2 Å². The van der Waals surface area contributed by atoms with Gasteiger partial charge in [-0.1, -0.05) is 36.4 Å². The molecule has 4 nitrogen and oxygen atoms in total. The summed E-state index contributed by atoms with van der Waals surface area (Å²) in [5.41, 5.74) is 0.855. The molecular formula is C23H23F3N2O2. The highest BCUT2D eigenvalue weighted by molar-refractivity contribution is 5.94. The Morgan fingerprint density at radius 3 is 2.17 bits per heavy atom. The highest BCUT2D eigenvalue weighted by Gasteiger charge is 2.34. The third-order valence-corrected chi connectivity index (χ3v) is 5.26. The molecule has 0 N–H and O–H groups in total. The summed E-state index contributed by atoms with van der Waals surface area (Å²) in [4.78, 5) is 27.2. The molecule has 2 aromatic rings. The van der Waals surface area contributed by atoms with E-state index in [0.717, 1.165) is 11.6 Å². The molecule has 0 bridgehead atoms. The van der Waals surface area contributed by atoms with Crippen molar-refractivity contribution in [3.05, 3.63) is 65.2 Å². The molecule has 2 amide bonds. The van der Waals surface area contributed by atoms with Gasteiger partial charge in [-0.15, -0.1) is 0 Å². The summed E-state index contributed by atoms with van der Waals surface area (Å²) in [5, 5.41) is 0. The van der Waals surface area contributed by atoms with Crippen LogP contribution < -0.4 is 0 Å². The molecule has 0 radical (unpaired) electrons. The number of carbonyl (C=O) groups is 2. The summed E-state index contributed by atoms with van der Waals surface area (Å²) in [5.74, 6) is -0.323. The Morgan fingerprint density at radius 2 is 1.57 bits per heavy atom. The Hall–Kier alpha value is -3.09. The number of alkyl halides is 3. The zero-order chi connectivity index (χ0) is 21.9. The van der Waals surface area contributed by atoms with E-state index in [1.807, 2.05) is 0 Å². The van der Waals surface area contributed by atoms with Crippen LogP contribution in [0.1, 0.15) is 23.6 Å². The van der Waals surface area contributed by atoms with E-state index in [2.05, 4.69) is 0 Å². The van der Waals surface area contributed by atoms with Crippen LogP contribution in [0.4, 0.5) is 13.2 Å². The molecule has 0 unspecified atom stereocenters. The number of nitrogens with zero attached hydrogens (tertiary/aromatic N) is 2. The predicted molar refractivity (Wildman–Crippen MR) is 109 cm³/mol. The molecule has 1 aliphatic rings. The largest absolute Gasteiger partial charge is 0.417 e. The maximum absolute atomic E-state index is 13.7. The Labute approximate surface area is 173 Å². The van der Waals surface area contributed by atoms with E-state index >= 15 is 0 Å². The van der Waals surface area contributed by atoms with Crippen molar-refractivity contribution < 1.29 is 22.8 Å². The normalized spacial score (nSPS) is 15.0. The van der Waals surface area contributed by atoms with E-state index in [1.165, 1.54) is 25.1 Å². The van der Waals surface area contributed by atoms with Crippen LogP contribution in [0.3, 0.4) is 0 Å². The van der Waals surface area contributed by atoms with Gasteiger partial charge in [-0.3, -0.25) is 9.59 Å². The van der Waals surface area contributed by atoms with Crippen LogP contribution in [0.2, 0.25) is 0 Å². The van der Waals surface area contributed by atoms with Crippen LogP contribution in [0.5, 0.6) is 0 Å². The van der Waals surface area contributed by atoms with Crippen LogP contribution >= 0.6 is 0 Å². The second-order valence-electron chi connectivity index (χ2n) is 7.25. The Morgan fingerprint density at radius 1 is 0.933 bits per heavy atom. The summed E-state index contributed by atoms with van der Waals surface area (Å²) < 4.78 is 41.1. The number of amides is 2. The lowest BCUT2D eigenvalue weighted by molar-refractivity contribution is -0.137. The first-order chi connectivity index (χ1) is 14.2.